The van der Waals surface area contributed by atoms with Crippen LogP contribution >= 0.6 is 45.5 Å². The van der Waals surface area contributed by atoms with Crippen molar-refractivity contribution in [3.8, 4) is 0 Å². The van der Waals surface area contributed by atoms with Crippen LogP contribution in [0.4, 0.5) is 5.69 Å². The smallest absolute Gasteiger partial charge is 0.0642 e. The van der Waals surface area contributed by atoms with E-state index < -0.39 is 0 Å². The van der Waals surface area contributed by atoms with Gasteiger partial charge in [0.15, 0.2) is 0 Å². The predicted molar refractivity (Wildman–Crippen MR) is 98.1 cm³/mol. The Morgan fingerprint density at radius 3 is 2.75 bits per heavy atom. The van der Waals surface area contributed by atoms with Gasteiger partial charge in [-0.15, -0.1) is 11.3 Å². The van der Waals surface area contributed by atoms with Crippen molar-refractivity contribution in [3.05, 3.63) is 61.5 Å². The molecular weight excluding hydrogens is 401 g/mol. The molecule has 4 heteroatoms. The first-order valence-corrected chi connectivity index (χ1v) is 8.58. The molecule has 0 amide bonds. The van der Waals surface area contributed by atoms with Crippen molar-refractivity contribution in [2.75, 3.05) is 5.32 Å². The third-order valence-electron chi connectivity index (χ3n) is 3.23. The highest BCUT2D eigenvalue weighted by atomic mass is 127. The first kappa shape index (κ1) is 14.2. The number of anilines is 1. The fourth-order valence-corrected chi connectivity index (χ4v) is 4.02. The van der Waals surface area contributed by atoms with E-state index >= 15 is 0 Å². The lowest BCUT2D eigenvalue weighted by Gasteiger charge is -2.07. The number of rotatable bonds is 3. The molecule has 0 bridgehead atoms. The Morgan fingerprint density at radius 2 is 2.00 bits per heavy atom. The van der Waals surface area contributed by atoms with E-state index in [0.29, 0.717) is 0 Å². The molecule has 20 heavy (non-hydrogen) atoms. The van der Waals surface area contributed by atoms with Crippen molar-refractivity contribution in [2.45, 2.75) is 13.5 Å². The lowest BCUT2D eigenvalue weighted by atomic mass is 10.2. The average Bonchev–Trinajstić information content (AvgIpc) is 2.77. The largest absolute Gasteiger partial charge is 0.380 e. The van der Waals surface area contributed by atoms with Crippen LogP contribution in [0.25, 0.3) is 10.1 Å². The van der Waals surface area contributed by atoms with Gasteiger partial charge < -0.3 is 5.32 Å². The van der Waals surface area contributed by atoms with Crippen LogP contribution in [0, 0.1) is 10.5 Å². The number of nitrogens with one attached hydrogen (secondary N) is 1. The summed E-state index contributed by atoms with van der Waals surface area (Å²) < 4.78 is 2.52. The van der Waals surface area contributed by atoms with E-state index in [1.807, 2.05) is 6.07 Å². The van der Waals surface area contributed by atoms with Crippen LogP contribution in [0.15, 0.2) is 42.5 Å². The fraction of sp³-hybridized carbons (Fsp3) is 0.125. The van der Waals surface area contributed by atoms with Crippen molar-refractivity contribution in [3.63, 3.8) is 0 Å². The van der Waals surface area contributed by atoms with E-state index in [1.165, 1.54) is 18.7 Å². The lowest BCUT2D eigenvalue weighted by molar-refractivity contribution is 1.19. The van der Waals surface area contributed by atoms with Gasteiger partial charge in [-0.05, 0) is 53.3 Å². The molecule has 1 aromatic heterocycles. The van der Waals surface area contributed by atoms with Crippen molar-refractivity contribution in [2.24, 2.45) is 0 Å². The predicted octanol–water partition coefficient (Wildman–Crippen LogP) is 6.08. The summed E-state index contributed by atoms with van der Waals surface area (Å²) in [7, 11) is 0. The molecule has 0 unspecified atom stereocenters. The zero-order valence-corrected chi connectivity index (χ0v) is 14.6. The number of thiophene rings is 1. The fourth-order valence-electron chi connectivity index (χ4n) is 2.06. The quantitative estimate of drug-likeness (QED) is 0.513. The molecule has 0 spiro atoms. The average molecular weight is 414 g/mol. The monoisotopic (exact) mass is 413 g/mol. The summed E-state index contributed by atoms with van der Waals surface area (Å²) in [5.74, 6) is 0. The second kappa shape index (κ2) is 5.92. The van der Waals surface area contributed by atoms with Gasteiger partial charge in [0.1, 0.15) is 0 Å². The molecule has 3 aromatic rings. The molecule has 0 aliphatic carbocycles. The van der Waals surface area contributed by atoms with E-state index in [4.69, 9.17) is 11.6 Å². The molecule has 0 fully saturated rings. The number of fused-ring (bicyclic) bond motifs is 1. The van der Waals surface area contributed by atoms with Gasteiger partial charge in [-0.25, -0.2) is 0 Å². The molecular formula is C16H13ClINS. The minimum atomic E-state index is 0.761. The maximum absolute atomic E-state index is 6.45. The van der Waals surface area contributed by atoms with Crippen LogP contribution in [-0.2, 0) is 6.54 Å². The van der Waals surface area contributed by atoms with Crippen LogP contribution < -0.4 is 5.32 Å². The summed E-state index contributed by atoms with van der Waals surface area (Å²) in [6.45, 7) is 2.88. The Kier molecular flexibility index (Phi) is 4.19. The third-order valence-corrected chi connectivity index (χ3v) is 6.10. The van der Waals surface area contributed by atoms with Crippen molar-refractivity contribution >= 4 is 61.3 Å². The summed E-state index contributed by atoms with van der Waals surface area (Å²) in [6, 6.07) is 14.7. The first-order chi connectivity index (χ1) is 9.65. The van der Waals surface area contributed by atoms with E-state index in [9.17, 15) is 0 Å². The highest BCUT2D eigenvalue weighted by molar-refractivity contribution is 14.1. The first-order valence-electron chi connectivity index (χ1n) is 6.31. The van der Waals surface area contributed by atoms with Gasteiger partial charge in [-0.3, -0.25) is 0 Å². The molecule has 1 heterocycles. The second-order valence-electron chi connectivity index (χ2n) is 4.65. The normalized spacial score (nSPS) is 10.9. The Labute approximate surface area is 141 Å². The van der Waals surface area contributed by atoms with Crippen LogP contribution in [0.5, 0.6) is 0 Å². The van der Waals surface area contributed by atoms with Gasteiger partial charge in [-0.2, -0.15) is 0 Å². The summed E-state index contributed by atoms with van der Waals surface area (Å²) in [5, 5.41) is 5.47. The zero-order valence-electron chi connectivity index (χ0n) is 10.9. The molecule has 0 aliphatic heterocycles. The number of benzene rings is 2. The second-order valence-corrected chi connectivity index (χ2v) is 7.33. The van der Waals surface area contributed by atoms with Gasteiger partial charge in [0.25, 0.3) is 0 Å². The molecule has 0 saturated heterocycles. The Bertz CT molecular complexity index is 766. The zero-order chi connectivity index (χ0) is 14.1. The van der Waals surface area contributed by atoms with Gasteiger partial charge >= 0.3 is 0 Å². The minimum Gasteiger partial charge on any atom is -0.380 e. The lowest BCUT2D eigenvalue weighted by Crippen LogP contribution is -1.98. The van der Waals surface area contributed by atoms with Crippen molar-refractivity contribution in [1.29, 1.82) is 0 Å². The third kappa shape index (κ3) is 2.80. The van der Waals surface area contributed by atoms with Crippen LogP contribution in [0.1, 0.15) is 10.4 Å². The van der Waals surface area contributed by atoms with Gasteiger partial charge in [0.2, 0.25) is 0 Å². The number of aryl methyl sites for hydroxylation is 1. The maximum Gasteiger partial charge on any atom is 0.0642 e. The van der Waals surface area contributed by atoms with Crippen LogP contribution in [0.2, 0.25) is 5.02 Å². The van der Waals surface area contributed by atoms with Crippen LogP contribution in [-0.4, -0.2) is 0 Å². The molecule has 1 nitrogen and oxygen atoms in total. The Balaban J connectivity index is 1.83. The molecule has 0 saturated carbocycles. The summed E-state index contributed by atoms with van der Waals surface area (Å²) >= 11 is 10.6. The van der Waals surface area contributed by atoms with Crippen molar-refractivity contribution in [1.82, 2.24) is 0 Å². The standard InChI is InChI=1S/C16H13ClINS/c1-10-6-7-11(8-13(10)18)19-9-15-16(17)12-4-2-3-5-14(12)20-15/h2-8,19H,9H2,1H3. The highest BCUT2D eigenvalue weighted by Gasteiger charge is 2.09. The van der Waals surface area contributed by atoms with Crippen molar-refractivity contribution < 1.29 is 0 Å². The number of hydrogen-bond acceptors (Lipinski definition) is 2. The minimum absolute atomic E-state index is 0.761. The Hall–Kier alpha value is -0.780. The number of halogens is 2. The maximum atomic E-state index is 6.45. The van der Waals surface area contributed by atoms with Gasteiger partial charge in [0.05, 0.1) is 11.6 Å². The van der Waals surface area contributed by atoms with E-state index in [-0.39, 0.29) is 0 Å². The topological polar surface area (TPSA) is 12.0 Å². The summed E-state index contributed by atoms with van der Waals surface area (Å²) in [5.41, 5.74) is 2.43. The number of hydrogen-bond donors (Lipinski definition) is 1. The molecule has 2 aromatic carbocycles. The van der Waals surface area contributed by atoms with Gasteiger partial charge in [0, 0.05) is 24.2 Å². The van der Waals surface area contributed by atoms with Gasteiger partial charge in [-0.1, -0.05) is 35.9 Å². The van der Waals surface area contributed by atoms with E-state index in [1.54, 1.807) is 11.3 Å². The van der Waals surface area contributed by atoms with E-state index in [0.717, 1.165) is 22.6 Å². The SMILES string of the molecule is Cc1ccc(NCc2sc3ccccc3c2Cl)cc1I. The molecule has 0 atom stereocenters. The Morgan fingerprint density at radius 1 is 1.20 bits per heavy atom. The van der Waals surface area contributed by atoms with Crippen LogP contribution in [0.3, 0.4) is 0 Å². The molecule has 3 rings (SSSR count). The van der Waals surface area contributed by atoms with E-state index in [2.05, 4.69) is 71.2 Å². The molecule has 0 aliphatic rings. The summed E-state index contributed by atoms with van der Waals surface area (Å²) in [6.07, 6.45) is 0. The summed E-state index contributed by atoms with van der Waals surface area (Å²) in [4.78, 5) is 1.18. The molecule has 102 valence electrons. The molecule has 1 N–H and O–H groups in total. The highest BCUT2D eigenvalue weighted by Crippen LogP contribution is 2.35. The molecule has 0 radical (unpaired) electrons.